The first-order valence-corrected chi connectivity index (χ1v) is 7.57. The fourth-order valence-electron chi connectivity index (χ4n) is 2.33. The van der Waals surface area contributed by atoms with Crippen molar-refractivity contribution < 1.29 is 4.74 Å². The first-order chi connectivity index (χ1) is 9.04. The molecule has 2 N–H and O–H groups in total. The molecular formula is C16H24ClNO. The zero-order valence-corrected chi connectivity index (χ0v) is 12.9. The molecule has 1 fully saturated rings. The van der Waals surface area contributed by atoms with Gasteiger partial charge in [-0.3, -0.25) is 0 Å². The Bertz CT molecular complexity index is 453. The Labute approximate surface area is 121 Å². The summed E-state index contributed by atoms with van der Waals surface area (Å²) in [6.07, 6.45) is 3.43. The van der Waals surface area contributed by atoms with E-state index in [1.165, 1.54) is 24.0 Å². The molecule has 1 aliphatic rings. The van der Waals surface area contributed by atoms with Gasteiger partial charge in [0.25, 0.3) is 0 Å². The molecule has 0 aliphatic heterocycles. The molecule has 0 unspecified atom stereocenters. The summed E-state index contributed by atoms with van der Waals surface area (Å²) in [6.45, 7) is 7.87. The van der Waals surface area contributed by atoms with E-state index in [0.717, 1.165) is 35.3 Å². The molecule has 19 heavy (non-hydrogen) atoms. The molecular weight excluding hydrogens is 258 g/mol. The zero-order chi connectivity index (χ0) is 14.0. The Balaban J connectivity index is 2.39. The summed E-state index contributed by atoms with van der Waals surface area (Å²) in [5, 5.41) is 0.825. The van der Waals surface area contributed by atoms with Crippen LogP contribution in [0.25, 0.3) is 0 Å². The molecule has 106 valence electrons. The molecule has 3 heteroatoms. The van der Waals surface area contributed by atoms with Crippen LogP contribution in [-0.4, -0.2) is 13.2 Å². The zero-order valence-electron chi connectivity index (χ0n) is 12.1. The summed E-state index contributed by atoms with van der Waals surface area (Å²) in [5.74, 6) is 2.19. The van der Waals surface area contributed by atoms with Gasteiger partial charge in [0.05, 0.1) is 6.61 Å². The summed E-state index contributed by atoms with van der Waals surface area (Å²) < 4.78 is 6.13. The standard InChI is InChI=1S/C16H24ClNO/c1-10(2)14-8-15(17)11(3)13(6-7-18)16(14)19-9-12-4-5-12/h8,10,12H,4-7,9,18H2,1-3H3. The van der Waals surface area contributed by atoms with Crippen molar-refractivity contribution in [1.29, 1.82) is 0 Å². The van der Waals surface area contributed by atoms with E-state index in [2.05, 4.69) is 26.8 Å². The van der Waals surface area contributed by atoms with Crippen molar-refractivity contribution in [1.82, 2.24) is 0 Å². The van der Waals surface area contributed by atoms with Crippen molar-refractivity contribution in [3.8, 4) is 5.75 Å². The summed E-state index contributed by atoms with van der Waals surface area (Å²) in [7, 11) is 0. The molecule has 0 aromatic heterocycles. The lowest BCUT2D eigenvalue weighted by Crippen LogP contribution is -2.11. The van der Waals surface area contributed by atoms with Gasteiger partial charge in [0.1, 0.15) is 5.75 Å². The smallest absolute Gasteiger partial charge is 0.126 e. The van der Waals surface area contributed by atoms with E-state index in [0.29, 0.717) is 12.5 Å². The van der Waals surface area contributed by atoms with Crippen molar-refractivity contribution in [2.24, 2.45) is 11.7 Å². The van der Waals surface area contributed by atoms with Crippen LogP contribution in [0.15, 0.2) is 6.07 Å². The van der Waals surface area contributed by atoms with E-state index in [-0.39, 0.29) is 0 Å². The highest BCUT2D eigenvalue weighted by molar-refractivity contribution is 6.31. The summed E-state index contributed by atoms with van der Waals surface area (Å²) >= 11 is 6.35. The van der Waals surface area contributed by atoms with Gasteiger partial charge in [0.15, 0.2) is 0 Å². The Morgan fingerprint density at radius 1 is 1.42 bits per heavy atom. The first kappa shape index (κ1) is 14.7. The predicted molar refractivity (Wildman–Crippen MR) is 81.3 cm³/mol. The highest BCUT2D eigenvalue weighted by Gasteiger charge is 2.24. The first-order valence-electron chi connectivity index (χ1n) is 7.19. The molecule has 0 amide bonds. The topological polar surface area (TPSA) is 35.2 Å². The lowest BCUT2D eigenvalue weighted by atomic mass is 9.94. The van der Waals surface area contributed by atoms with Crippen LogP contribution in [0.5, 0.6) is 5.75 Å². The Hall–Kier alpha value is -0.730. The molecule has 1 saturated carbocycles. The molecule has 0 heterocycles. The minimum atomic E-state index is 0.406. The largest absolute Gasteiger partial charge is 0.493 e. The number of benzene rings is 1. The normalized spacial score (nSPS) is 15.1. The van der Waals surface area contributed by atoms with Crippen molar-refractivity contribution >= 4 is 11.6 Å². The average molecular weight is 282 g/mol. The second-order valence-electron chi connectivity index (χ2n) is 5.83. The van der Waals surface area contributed by atoms with Gasteiger partial charge in [-0.2, -0.15) is 0 Å². The van der Waals surface area contributed by atoms with E-state index < -0.39 is 0 Å². The molecule has 0 atom stereocenters. The molecule has 1 aromatic carbocycles. The number of hydrogen-bond donors (Lipinski definition) is 1. The lowest BCUT2D eigenvalue weighted by Gasteiger charge is -2.21. The molecule has 0 spiro atoms. The fraction of sp³-hybridized carbons (Fsp3) is 0.625. The van der Waals surface area contributed by atoms with Crippen molar-refractivity contribution in [2.75, 3.05) is 13.2 Å². The summed E-state index contributed by atoms with van der Waals surface area (Å²) in [5.41, 5.74) is 9.26. The predicted octanol–water partition coefficient (Wildman–Crippen LogP) is 4.06. The van der Waals surface area contributed by atoms with Gasteiger partial charge >= 0.3 is 0 Å². The highest BCUT2D eigenvalue weighted by Crippen LogP contribution is 2.38. The van der Waals surface area contributed by atoms with E-state index >= 15 is 0 Å². The van der Waals surface area contributed by atoms with Crippen LogP contribution in [0.2, 0.25) is 5.02 Å². The lowest BCUT2D eigenvalue weighted by molar-refractivity contribution is 0.292. The molecule has 0 radical (unpaired) electrons. The van der Waals surface area contributed by atoms with Gasteiger partial charge in [-0.05, 0) is 61.8 Å². The monoisotopic (exact) mass is 281 g/mol. The fourth-order valence-corrected chi connectivity index (χ4v) is 2.56. The molecule has 2 nitrogen and oxygen atoms in total. The third kappa shape index (κ3) is 3.43. The van der Waals surface area contributed by atoms with E-state index in [9.17, 15) is 0 Å². The number of hydrogen-bond acceptors (Lipinski definition) is 2. The second kappa shape index (κ2) is 6.15. The summed E-state index contributed by atoms with van der Waals surface area (Å²) in [4.78, 5) is 0. The molecule has 1 aliphatic carbocycles. The minimum absolute atomic E-state index is 0.406. The van der Waals surface area contributed by atoms with Crippen LogP contribution in [0.4, 0.5) is 0 Å². The van der Waals surface area contributed by atoms with Crippen molar-refractivity contribution in [3.63, 3.8) is 0 Å². The molecule has 2 rings (SSSR count). The average Bonchev–Trinajstić information content (AvgIpc) is 3.17. The van der Waals surface area contributed by atoms with Crippen LogP contribution in [0, 0.1) is 12.8 Å². The molecule has 0 bridgehead atoms. The maximum atomic E-state index is 6.35. The van der Waals surface area contributed by atoms with Crippen molar-refractivity contribution in [3.05, 3.63) is 27.8 Å². The number of ether oxygens (including phenoxy) is 1. The van der Waals surface area contributed by atoms with Gasteiger partial charge in [-0.25, -0.2) is 0 Å². The Morgan fingerprint density at radius 3 is 2.63 bits per heavy atom. The Kier molecular flexibility index (Phi) is 4.75. The highest BCUT2D eigenvalue weighted by atomic mass is 35.5. The van der Waals surface area contributed by atoms with Gasteiger partial charge in [-0.15, -0.1) is 0 Å². The van der Waals surface area contributed by atoms with Crippen LogP contribution < -0.4 is 10.5 Å². The number of nitrogens with two attached hydrogens (primary N) is 1. The van der Waals surface area contributed by atoms with Gasteiger partial charge in [0.2, 0.25) is 0 Å². The van der Waals surface area contributed by atoms with Crippen LogP contribution in [-0.2, 0) is 6.42 Å². The van der Waals surface area contributed by atoms with E-state index in [1.807, 2.05) is 0 Å². The van der Waals surface area contributed by atoms with Gasteiger partial charge < -0.3 is 10.5 Å². The SMILES string of the molecule is Cc1c(Cl)cc(C(C)C)c(OCC2CC2)c1CCN. The Morgan fingerprint density at radius 2 is 2.11 bits per heavy atom. The summed E-state index contributed by atoms with van der Waals surface area (Å²) in [6, 6.07) is 2.06. The molecule has 1 aromatic rings. The maximum Gasteiger partial charge on any atom is 0.126 e. The van der Waals surface area contributed by atoms with Crippen LogP contribution in [0.3, 0.4) is 0 Å². The third-order valence-electron chi connectivity index (χ3n) is 3.81. The van der Waals surface area contributed by atoms with Crippen molar-refractivity contribution in [2.45, 2.75) is 46.0 Å². The maximum absolute atomic E-state index is 6.35. The minimum Gasteiger partial charge on any atom is -0.493 e. The van der Waals surface area contributed by atoms with Gasteiger partial charge in [-0.1, -0.05) is 25.4 Å². The van der Waals surface area contributed by atoms with E-state index in [4.69, 9.17) is 22.1 Å². The van der Waals surface area contributed by atoms with Gasteiger partial charge in [0, 0.05) is 10.6 Å². The third-order valence-corrected chi connectivity index (χ3v) is 4.20. The number of rotatable bonds is 6. The quantitative estimate of drug-likeness (QED) is 0.853. The van der Waals surface area contributed by atoms with Crippen LogP contribution in [0.1, 0.15) is 49.3 Å². The second-order valence-corrected chi connectivity index (χ2v) is 6.24. The molecule has 0 saturated heterocycles. The van der Waals surface area contributed by atoms with Crippen LogP contribution >= 0.6 is 11.6 Å². The van der Waals surface area contributed by atoms with E-state index in [1.54, 1.807) is 0 Å². The number of halogens is 1.